The smallest absolute Gasteiger partial charge is 0.258 e. The number of carbonyl (C=O) groups excluding carboxylic acids is 1. The molecule has 1 N–H and O–H groups in total. The van der Waals surface area contributed by atoms with Crippen LogP contribution in [0.5, 0.6) is 5.75 Å². The second-order valence-corrected chi connectivity index (χ2v) is 7.02. The summed E-state index contributed by atoms with van der Waals surface area (Å²) in [5.41, 5.74) is 4.12. The number of aromatic hydroxyl groups is 1. The van der Waals surface area contributed by atoms with E-state index >= 15 is 0 Å². The van der Waals surface area contributed by atoms with E-state index in [4.69, 9.17) is 4.42 Å². The van der Waals surface area contributed by atoms with Crippen molar-refractivity contribution in [3.05, 3.63) is 82.8 Å². The highest BCUT2D eigenvalue weighted by molar-refractivity contribution is 6.02. The molecule has 1 aromatic heterocycles. The molecular formula is C22H22N2O3. The van der Waals surface area contributed by atoms with Gasteiger partial charge in [-0.1, -0.05) is 12.1 Å². The zero-order valence-corrected chi connectivity index (χ0v) is 15.6. The number of nitrogens with zero attached hydrogens (tertiary/aromatic N) is 2. The van der Waals surface area contributed by atoms with Gasteiger partial charge in [0.05, 0.1) is 24.1 Å². The molecule has 5 nitrogen and oxygen atoms in total. The Labute approximate surface area is 158 Å². The molecule has 2 heterocycles. The zero-order chi connectivity index (χ0) is 19.1. The molecule has 0 unspecified atom stereocenters. The fourth-order valence-corrected chi connectivity index (χ4v) is 3.84. The molecule has 1 amide bonds. The van der Waals surface area contributed by atoms with Gasteiger partial charge in [-0.05, 0) is 66.9 Å². The number of phenolic OH excluding ortho intramolecular Hbond substituents is 1. The minimum Gasteiger partial charge on any atom is -0.507 e. The summed E-state index contributed by atoms with van der Waals surface area (Å²) in [5.74, 6) is 0.989. The molecule has 0 fully saturated rings. The molecule has 0 saturated carbocycles. The van der Waals surface area contributed by atoms with Crippen molar-refractivity contribution in [3.8, 4) is 5.75 Å². The Bertz CT molecular complexity index is 972. The van der Waals surface area contributed by atoms with Crippen molar-refractivity contribution in [2.45, 2.75) is 26.6 Å². The zero-order valence-electron chi connectivity index (χ0n) is 15.6. The van der Waals surface area contributed by atoms with Gasteiger partial charge in [0.15, 0.2) is 0 Å². The molecule has 3 aromatic rings. The van der Waals surface area contributed by atoms with E-state index in [9.17, 15) is 9.90 Å². The maximum Gasteiger partial charge on any atom is 0.258 e. The molecule has 138 valence electrons. The number of furan rings is 1. The van der Waals surface area contributed by atoms with E-state index in [0.717, 1.165) is 28.1 Å². The van der Waals surface area contributed by atoms with Crippen LogP contribution >= 0.6 is 0 Å². The Morgan fingerprint density at radius 3 is 2.44 bits per heavy atom. The molecule has 0 radical (unpaired) electrons. The number of anilines is 1. The summed E-state index contributed by atoms with van der Waals surface area (Å²) in [6.45, 7) is 4.12. The number of hydrogen-bond donors (Lipinski definition) is 1. The Kier molecular flexibility index (Phi) is 4.15. The second-order valence-electron chi connectivity index (χ2n) is 7.02. The summed E-state index contributed by atoms with van der Waals surface area (Å²) in [4.78, 5) is 17.2. The predicted molar refractivity (Wildman–Crippen MR) is 104 cm³/mol. The lowest BCUT2D eigenvalue weighted by molar-refractivity contribution is 0.0619. The van der Waals surface area contributed by atoms with Gasteiger partial charge < -0.3 is 19.3 Å². The van der Waals surface area contributed by atoms with Crippen LogP contribution < -0.4 is 4.90 Å². The Hall–Kier alpha value is -3.21. The highest BCUT2D eigenvalue weighted by Gasteiger charge is 2.37. The number of aryl methyl sites for hydroxylation is 2. The molecule has 1 atom stereocenters. The average Bonchev–Trinajstić information content (AvgIpc) is 3.17. The number of rotatable bonds is 3. The number of hydrogen-bond acceptors (Lipinski definition) is 4. The highest BCUT2D eigenvalue weighted by Crippen LogP contribution is 2.40. The molecule has 2 aromatic carbocycles. The second kappa shape index (κ2) is 6.50. The van der Waals surface area contributed by atoms with Gasteiger partial charge in [-0.15, -0.1) is 0 Å². The van der Waals surface area contributed by atoms with Crippen molar-refractivity contribution in [3.63, 3.8) is 0 Å². The summed E-state index contributed by atoms with van der Waals surface area (Å²) >= 11 is 0. The molecular weight excluding hydrogens is 340 g/mol. The van der Waals surface area contributed by atoms with E-state index in [1.807, 2.05) is 74.3 Å². The number of benzene rings is 2. The lowest BCUT2D eigenvalue weighted by Gasteiger charge is -2.44. The van der Waals surface area contributed by atoms with Gasteiger partial charge in [0.1, 0.15) is 17.7 Å². The Balaban J connectivity index is 1.86. The van der Waals surface area contributed by atoms with Crippen LogP contribution in [0.25, 0.3) is 0 Å². The molecule has 0 spiro atoms. The monoisotopic (exact) mass is 362 g/mol. The standard InChI is InChI=1S/C22H22N2O3/c1-14-11-16(12-15(2)20(14)25)21-23(3)19-9-5-4-8-18(19)22(26)24(21)13-17-7-6-10-27-17/h4-12,21,25H,13H2,1-3H3/t21-/m1/s1. The summed E-state index contributed by atoms with van der Waals surface area (Å²) < 4.78 is 5.51. The third-order valence-electron chi connectivity index (χ3n) is 5.16. The fraction of sp³-hybridized carbons (Fsp3) is 0.227. The van der Waals surface area contributed by atoms with Crippen molar-refractivity contribution in [2.75, 3.05) is 11.9 Å². The maximum atomic E-state index is 13.3. The van der Waals surface area contributed by atoms with Gasteiger partial charge >= 0.3 is 0 Å². The first kappa shape index (κ1) is 17.2. The number of para-hydroxylation sites is 1. The van der Waals surface area contributed by atoms with Crippen molar-refractivity contribution >= 4 is 11.6 Å². The highest BCUT2D eigenvalue weighted by atomic mass is 16.3. The molecule has 0 saturated heterocycles. The molecule has 1 aliphatic heterocycles. The van der Waals surface area contributed by atoms with Gasteiger partial charge in [-0.3, -0.25) is 4.79 Å². The predicted octanol–water partition coefficient (Wildman–Crippen LogP) is 4.39. The van der Waals surface area contributed by atoms with Gasteiger partial charge in [-0.2, -0.15) is 0 Å². The van der Waals surface area contributed by atoms with Crippen LogP contribution in [0.1, 0.15) is 39.0 Å². The minimum atomic E-state index is -0.296. The summed E-state index contributed by atoms with van der Waals surface area (Å²) in [7, 11) is 1.99. The topological polar surface area (TPSA) is 56.9 Å². The summed E-state index contributed by atoms with van der Waals surface area (Å²) in [6.07, 6.45) is 1.32. The fourth-order valence-electron chi connectivity index (χ4n) is 3.84. The lowest BCUT2D eigenvalue weighted by Crippen LogP contribution is -2.47. The maximum absolute atomic E-state index is 13.3. The number of amides is 1. The van der Waals surface area contributed by atoms with Crippen LogP contribution in [-0.4, -0.2) is 23.0 Å². The Morgan fingerprint density at radius 1 is 1.07 bits per heavy atom. The van der Waals surface area contributed by atoms with E-state index in [0.29, 0.717) is 17.9 Å². The van der Waals surface area contributed by atoms with E-state index < -0.39 is 0 Å². The first-order valence-corrected chi connectivity index (χ1v) is 8.92. The van der Waals surface area contributed by atoms with Crippen molar-refractivity contribution in [2.24, 2.45) is 0 Å². The number of phenols is 1. The van der Waals surface area contributed by atoms with Crippen LogP contribution in [0.2, 0.25) is 0 Å². The van der Waals surface area contributed by atoms with Crippen LogP contribution in [0.4, 0.5) is 5.69 Å². The normalized spacial score (nSPS) is 16.6. The van der Waals surface area contributed by atoms with Crippen LogP contribution in [-0.2, 0) is 6.54 Å². The van der Waals surface area contributed by atoms with Crippen LogP contribution in [0, 0.1) is 13.8 Å². The quantitative estimate of drug-likeness (QED) is 0.751. The van der Waals surface area contributed by atoms with Gasteiger partial charge in [0.2, 0.25) is 0 Å². The molecule has 0 bridgehead atoms. The summed E-state index contributed by atoms with van der Waals surface area (Å²) in [6, 6.07) is 15.2. The van der Waals surface area contributed by atoms with E-state index in [2.05, 4.69) is 4.90 Å². The largest absolute Gasteiger partial charge is 0.507 e. The third kappa shape index (κ3) is 2.85. The van der Waals surface area contributed by atoms with Crippen LogP contribution in [0.15, 0.2) is 59.2 Å². The van der Waals surface area contributed by atoms with Gasteiger partial charge in [0.25, 0.3) is 5.91 Å². The van der Waals surface area contributed by atoms with Crippen molar-refractivity contribution < 1.29 is 14.3 Å². The van der Waals surface area contributed by atoms with Gasteiger partial charge in [-0.25, -0.2) is 0 Å². The van der Waals surface area contributed by atoms with E-state index in [1.54, 1.807) is 6.26 Å². The lowest BCUT2D eigenvalue weighted by atomic mass is 9.98. The molecule has 5 heteroatoms. The minimum absolute atomic E-state index is 0.0338. The SMILES string of the molecule is Cc1cc([C@H]2N(Cc3ccco3)C(=O)c3ccccc3N2C)cc(C)c1O. The van der Waals surface area contributed by atoms with Crippen LogP contribution in [0.3, 0.4) is 0 Å². The number of fused-ring (bicyclic) bond motifs is 1. The average molecular weight is 362 g/mol. The first-order valence-electron chi connectivity index (χ1n) is 8.92. The first-order chi connectivity index (χ1) is 13.0. The molecule has 1 aliphatic rings. The molecule has 4 rings (SSSR count). The van der Waals surface area contributed by atoms with E-state index in [-0.39, 0.29) is 12.1 Å². The Morgan fingerprint density at radius 2 is 1.78 bits per heavy atom. The van der Waals surface area contributed by atoms with Crippen molar-refractivity contribution in [1.29, 1.82) is 0 Å². The summed E-state index contributed by atoms with van der Waals surface area (Å²) in [5, 5.41) is 10.2. The number of carbonyl (C=O) groups is 1. The third-order valence-corrected chi connectivity index (χ3v) is 5.16. The van der Waals surface area contributed by atoms with Crippen molar-refractivity contribution in [1.82, 2.24) is 4.90 Å². The van der Waals surface area contributed by atoms with E-state index in [1.165, 1.54) is 0 Å². The molecule has 27 heavy (non-hydrogen) atoms. The molecule has 0 aliphatic carbocycles. The van der Waals surface area contributed by atoms with Gasteiger partial charge in [0, 0.05) is 7.05 Å².